The summed E-state index contributed by atoms with van der Waals surface area (Å²) in [5.74, 6) is 0.608. The zero-order valence-electron chi connectivity index (χ0n) is 10.5. The maximum atomic E-state index is 11.5. The van der Waals surface area contributed by atoms with Crippen LogP contribution >= 0.6 is 0 Å². The molecule has 2 rings (SSSR count). The number of aromatic nitrogens is 2. The van der Waals surface area contributed by atoms with Gasteiger partial charge >= 0.3 is 0 Å². The van der Waals surface area contributed by atoms with Gasteiger partial charge in [0.15, 0.2) is 9.84 Å². The van der Waals surface area contributed by atoms with Crippen LogP contribution in [0.2, 0.25) is 0 Å². The Hall–Kier alpha value is -1.56. The lowest BCUT2D eigenvalue weighted by molar-refractivity contribution is 0.591. The van der Waals surface area contributed by atoms with E-state index in [9.17, 15) is 8.42 Å². The molecule has 2 aromatic rings. The number of nitrogens with zero attached hydrogens (tertiary/aromatic N) is 2. The van der Waals surface area contributed by atoms with E-state index in [2.05, 4.69) is 4.98 Å². The van der Waals surface area contributed by atoms with Gasteiger partial charge in [-0.3, -0.25) is 0 Å². The predicted molar refractivity (Wildman–Crippen MR) is 73.2 cm³/mol. The fourth-order valence-electron chi connectivity index (χ4n) is 1.91. The molecule has 0 radical (unpaired) electrons. The first-order valence-electron chi connectivity index (χ1n) is 5.86. The lowest BCUT2D eigenvalue weighted by Gasteiger charge is -2.06. The molecule has 5 nitrogen and oxygen atoms in total. The smallest absolute Gasteiger partial charge is 0.201 e. The molecule has 0 fully saturated rings. The predicted octanol–water partition coefficient (Wildman–Crippen LogP) is 1.36. The summed E-state index contributed by atoms with van der Waals surface area (Å²) in [6.45, 7) is 3.96. The van der Waals surface area contributed by atoms with Crippen molar-refractivity contribution in [3.05, 3.63) is 23.8 Å². The third kappa shape index (κ3) is 2.33. The van der Waals surface area contributed by atoms with Gasteiger partial charge in [-0.1, -0.05) is 19.1 Å². The first-order chi connectivity index (χ1) is 8.44. The zero-order valence-corrected chi connectivity index (χ0v) is 11.4. The van der Waals surface area contributed by atoms with Gasteiger partial charge in [-0.15, -0.1) is 0 Å². The van der Waals surface area contributed by atoms with Crippen molar-refractivity contribution in [2.24, 2.45) is 0 Å². The quantitative estimate of drug-likeness (QED) is 0.907. The first-order valence-corrected chi connectivity index (χ1v) is 7.68. The number of hydrogen-bond donors (Lipinski definition) is 1. The number of nitrogens with two attached hydrogens (primary N) is 1. The van der Waals surface area contributed by atoms with Crippen molar-refractivity contribution in [2.45, 2.75) is 20.4 Å². The second-order valence-electron chi connectivity index (χ2n) is 4.30. The number of benzene rings is 1. The van der Waals surface area contributed by atoms with Crippen LogP contribution in [0, 0.1) is 6.92 Å². The van der Waals surface area contributed by atoms with Gasteiger partial charge in [0.2, 0.25) is 5.95 Å². The highest BCUT2D eigenvalue weighted by Crippen LogP contribution is 2.20. The molecule has 0 aliphatic carbocycles. The van der Waals surface area contributed by atoms with Crippen LogP contribution in [-0.2, 0) is 16.4 Å². The molecule has 0 saturated heterocycles. The SMILES string of the molecule is CCS(=O)(=O)CCn1c(N)nc2c(C)cccc21. The van der Waals surface area contributed by atoms with Crippen molar-refractivity contribution in [3.63, 3.8) is 0 Å². The molecule has 6 heteroatoms. The van der Waals surface area contributed by atoms with Crippen LogP contribution in [0.5, 0.6) is 0 Å². The summed E-state index contributed by atoms with van der Waals surface area (Å²) < 4.78 is 24.8. The Morgan fingerprint density at radius 2 is 2.11 bits per heavy atom. The topological polar surface area (TPSA) is 78.0 Å². The van der Waals surface area contributed by atoms with Crippen molar-refractivity contribution in [3.8, 4) is 0 Å². The Labute approximate surface area is 107 Å². The molecule has 0 aliphatic rings. The number of sulfone groups is 1. The molecular weight excluding hydrogens is 250 g/mol. The van der Waals surface area contributed by atoms with E-state index in [-0.39, 0.29) is 11.5 Å². The number of fused-ring (bicyclic) bond motifs is 1. The van der Waals surface area contributed by atoms with Crippen molar-refractivity contribution in [1.29, 1.82) is 0 Å². The van der Waals surface area contributed by atoms with Crippen LogP contribution in [-0.4, -0.2) is 29.5 Å². The van der Waals surface area contributed by atoms with Gasteiger partial charge in [-0.05, 0) is 18.6 Å². The standard InChI is InChI=1S/C12H17N3O2S/c1-3-18(16,17)8-7-15-10-6-4-5-9(2)11(10)14-12(15)13/h4-6H,3,7-8H2,1-2H3,(H2,13,14). The number of nitrogen functional groups attached to an aromatic ring is 1. The van der Waals surface area contributed by atoms with Gasteiger partial charge < -0.3 is 10.3 Å². The van der Waals surface area contributed by atoms with Crippen LogP contribution in [0.15, 0.2) is 18.2 Å². The third-order valence-corrected chi connectivity index (χ3v) is 4.76. The van der Waals surface area contributed by atoms with E-state index in [0.717, 1.165) is 16.6 Å². The number of imidazole rings is 1. The molecule has 0 atom stereocenters. The van der Waals surface area contributed by atoms with Crippen molar-refractivity contribution in [2.75, 3.05) is 17.2 Å². The fraction of sp³-hybridized carbons (Fsp3) is 0.417. The summed E-state index contributed by atoms with van der Waals surface area (Å²) in [7, 11) is -3.00. The highest BCUT2D eigenvalue weighted by Gasteiger charge is 2.13. The van der Waals surface area contributed by atoms with Crippen LogP contribution in [0.25, 0.3) is 11.0 Å². The van der Waals surface area contributed by atoms with E-state index in [1.165, 1.54) is 0 Å². The number of aryl methyl sites for hydroxylation is 2. The van der Waals surface area contributed by atoms with E-state index in [1.54, 1.807) is 11.5 Å². The Bertz CT molecular complexity index is 674. The first kappa shape index (κ1) is 12.9. The van der Waals surface area contributed by atoms with E-state index >= 15 is 0 Å². The van der Waals surface area contributed by atoms with Gasteiger partial charge in [-0.2, -0.15) is 0 Å². The monoisotopic (exact) mass is 267 g/mol. The van der Waals surface area contributed by atoms with Crippen molar-refractivity contribution in [1.82, 2.24) is 9.55 Å². The third-order valence-electron chi connectivity index (χ3n) is 3.08. The van der Waals surface area contributed by atoms with Crippen LogP contribution < -0.4 is 5.73 Å². The Morgan fingerprint density at radius 1 is 1.39 bits per heavy atom. The van der Waals surface area contributed by atoms with Gasteiger partial charge in [0.05, 0.1) is 16.8 Å². The Balaban J connectivity index is 2.40. The minimum atomic E-state index is -3.00. The van der Waals surface area contributed by atoms with E-state index in [1.807, 2.05) is 25.1 Å². The summed E-state index contributed by atoms with van der Waals surface area (Å²) in [6.07, 6.45) is 0. The van der Waals surface area contributed by atoms with Gasteiger partial charge in [0, 0.05) is 12.3 Å². The average molecular weight is 267 g/mol. The summed E-state index contributed by atoms with van der Waals surface area (Å²) in [5, 5.41) is 0. The molecule has 0 saturated carbocycles. The van der Waals surface area contributed by atoms with Crippen molar-refractivity contribution >= 4 is 26.8 Å². The Kier molecular flexibility index (Phi) is 3.30. The maximum absolute atomic E-state index is 11.5. The minimum Gasteiger partial charge on any atom is -0.369 e. The number of anilines is 1. The molecule has 1 aromatic carbocycles. The largest absolute Gasteiger partial charge is 0.369 e. The fourth-order valence-corrected chi connectivity index (χ4v) is 2.66. The summed E-state index contributed by atoms with van der Waals surface area (Å²) in [5.41, 5.74) is 8.61. The molecule has 18 heavy (non-hydrogen) atoms. The molecule has 1 aromatic heterocycles. The van der Waals surface area contributed by atoms with E-state index < -0.39 is 9.84 Å². The minimum absolute atomic E-state index is 0.0904. The van der Waals surface area contributed by atoms with Gasteiger partial charge in [0.25, 0.3) is 0 Å². The Morgan fingerprint density at radius 3 is 2.78 bits per heavy atom. The lowest BCUT2D eigenvalue weighted by atomic mass is 10.2. The van der Waals surface area contributed by atoms with E-state index in [0.29, 0.717) is 12.5 Å². The highest BCUT2D eigenvalue weighted by molar-refractivity contribution is 7.91. The molecule has 1 heterocycles. The molecule has 0 spiro atoms. The maximum Gasteiger partial charge on any atom is 0.201 e. The van der Waals surface area contributed by atoms with Crippen LogP contribution in [0.1, 0.15) is 12.5 Å². The summed E-state index contributed by atoms with van der Waals surface area (Å²) in [4.78, 5) is 4.29. The average Bonchev–Trinajstić information content (AvgIpc) is 2.65. The number of rotatable bonds is 4. The molecule has 0 amide bonds. The summed E-state index contributed by atoms with van der Waals surface area (Å²) >= 11 is 0. The highest BCUT2D eigenvalue weighted by atomic mass is 32.2. The van der Waals surface area contributed by atoms with E-state index in [4.69, 9.17) is 5.73 Å². The van der Waals surface area contributed by atoms with Gasteiger partial charge in [0.1, 0.15) is 0 Å². The van der Waals surface area contributed by atoms with Crippen LogP contribution in [0.3, 0.4) is 0 Å². The summed E-state index contributed by atoms with van der Waals surface area (Å²) in [6, 6.07) is 5.79. The second-order valence-corrected chi connectivity index (χ2v) is 6.77. The molecule has 0 unspecified atom stereocenters. The lowest BCUT2D eigenvalue weighted by Crippen LogP contribution is -2.15. The molecular formula is C12H17N3O2S. The number of para-hydroxylation sites is 1. The van der Waals surface area contributed by atoms with Gasteiger partial charge in [-0.25, -0.2) is 13.4 Å². The molecule has 2 N–H and O–H groups in total. The molecule has 0 aliphatic heterocycles. The second kappa shape index (κ2) is 4.61. The normalized spacial score (nSPS) is 12.1. The molecule has 0 bridgehead atoms. The zero-order chi connectivity index (χ0) is 13.3. The molecule has 98 valence electrons. The van der Waals surface area contributed by atoms with Crippen molar-refractivity contribution < 1.29 is 8.42 Å². The number of hydrogen-bond acceptors (Lipinski definition) is 4. The van der Waals surface area contributed by atoms with Crippen LogP contribution in [0.4, 0.5) is 5.95 Å².